The first-order valence-corrected chi connectivity index (χ1v) is 6.73. The van der Waals surface area contributed by atoms with Crippen LogP contribution in [-0.4, -0.2) is 33.8 Å². The molecular formula is C15H17F6NO2. The topological polar surface area (TPSA) is 66.5 Å². The van der Waals surface area contributed by atoms with Gasteiger partial charge in [0.2, 0.25) is 0 Å². The molecule has 2 unspecified atom stereocenters. The van der Waals surface area contributed by atoms with E-state index in [1.807, 2.05) is 0 Å². The third-order valence-corrected chi connectivity index (χ3v) is 3.46. The molecule has 0 amide bonds. The second kappa shape index (κ2) is 6.29. The highest BCUT2D eigenvalue weighted by Gasteiger charge is 2.52. The molecule has 1 aromatic carbocycles. The van der Waals surface area contributed by atoms with E-state index in [4.69, 9.17) is 5.73 Å². The number of rotatable bonds is 4. The summed E-state index contributed by atoms with van der Waals surface area (Å²) in [6.45, 7) is 0.854. The Morgan fingerprint density at radius 1 is 0.958 bits per heavy atom. The standard InChI is InChI=1S/C15H17F6NO2/c1-12(23,14(16,17)18)7-10(8-13(2,24)15(19,20)21)9-3-5-11(22)6-4-9/h3-7,23-24H,8,22H2,1-2H3/b10-7+. The summed E-state index contributed by atoms with van der Waals surface area (Å²) in [5.41, 5.74) is -1.49. The Bertz CT molecular complexity index is 600. The quantitative estimate of drug-likeness (QED) is 0.569. The third kappa shape index (κ3) is 4.64. The normalized spacial score (nSPS) is 18.8. The molecule has 0 spiro atoms. The van der Waals surface area contributed by atoms with Crippen molar-refractivity contribution < 1.29 is 36.6 Å². The van der Waals surface area contributed by atoms with Crippen LogP contribution in [0.5, 0.6) is 0 Å². The number of alkyl halides is 6. The summed E-state index contributed by atoms with van der Waals surface area (Å²) in [6, 6.07) is 4.99. The van der Waals surface area contributed by atoms with Gasteiger partial charge in [-0.2, -0.15) is 26.3 Å². The predicted molar refractivity (Wildman–Crippen MR) is 76.8 cm³/mol. The lowest BCUT2D eigenvalue weighted by molar-refractivity contribution is -0.250. The number of nitrogens with two attached hydrogens (primary N) is 1. The summed E-state index contributed by atoms with van der Waals surface area (Å²) >= 11 is 0. The van der Waals surface area contributed by atoms with Crippen molar-refractivity contribution in [2.24, 2.45) is 0 Å². The van der Waals surface area contributed by atoms with E-state index >= 15 is 0 Å². The highest BCUT2D eigenvalue weighted by molar-refractivity contribution is 5.69. The number of benzene rings is 1. The van der Waals surface area contributed by atoms with Gasteiger partial charge in [-0.1, -0.05) is 12.1 Å². The van der Waals surface area contributed by atoms with Crippen LogP contribution in [0, 0.1) is 0 Å². The second-order valence-electron chi connectivity index (χ2n) is 5.89. The molecule has 0 saturated heterocycles. The molecule has 0 radical (unpaired) electrons. The minimum absolute atomic E-state index is 0.0294. The van der Waals surface area contributed by atoms with Crippen molar-refractivity contribution in [3.05, 3.63) is 35.9 Å². The van der Waals surface area contributed by atoms with E-state index in [0.29, 0.717) is 13.8 Å². The Labute approximate surface area is 134 Å². The molecule has 24 heavy (non-hydrogen) atoms. The van der Waals surface area contributed by atoms with E-state index < -0.39 is 35.5 Å². The van der Waals surface area contributed by atoms with Gasteiger partial charge in [-0.25, -0.2) is 0 Å². The van der Waals surface area contributed by atoms with E-state index in [1.54, 1.807) is 0 Å². The summed E-state index contributed by atoms with van der Waals surface area (Å²) < 4.78 is 77.1. The van der Waals surface area contributed by atoms with Gasteiger partial charge in [0, 0.05) is 12.1 Å². The van der Waals surface area contributed by atoms with Crippen LogP contribution in [0.3, 0.4) is 0 Å². The Hall–Kier alpha value is -1.74. The van der Waals surface area contributed by atoms with Crippen molar-refractivity contribution in [1.82, 2.24) is 0 Å². The lowest BCUT2D eigenvalue weighted by Gasteiger charge is -2.30. The zero-order valence-corrected chi connectivity index (χ0v) is 12.8. The van der Waals surface area contributed by atoms with Gasteiger partial charge in [-0.15, -0.1) is 0 Å². The fraction of sp³-hybridized carbons (Fsp3) is 0.467. The van der Waals surface area contributed by atoms with Crippen molar-refractivity contribution in [3.63, 3.8) is 0 Å². The molecule has 136 valence electrons. The third-order valence-electron chi connectivity index (χ3n) is 3.46. The number of nitrogen functional groups attached to an aromatic ring is 1. The predicted octanol–water partition coefficient (Wildman–Crippen LogP) is 3.67. The van der Waals surface area contributed by atoms with Gasteiger partial charge < -0.3 is 15.9 Å². The number of anilines is 1. The first-order chi connectivity index (χ1) is 10.6. The van der Waals surface area contributed by atoms with Gasteiger partial charge in [0.05, 0.1) is 0 Å². The molecule has 0 aromatic heterocycles. The Morgan fingerprint density at radius 3 is 1.79 bits per heavy atom. The van der Waals surface area contributed by atoms with E-state index in [1.165, 1.54) is 24.3 Å². The van der Waals surface area contributed by atoms with E-state index in [9.17, 15) is 36.6 Å². The van der Waals surface area contributed by atoms with Crippen LogP contribution < -0.4 is 5.73 Å². The summed E-state index contributed by atoms with van der Waals surface area (Å²) in [6.07, 6.45) is -11.1. The number of hydrogen-bond acceptors (Lipinski definition) is 3. The molecule has 0 aliphatic rings. The monoisotopic (exact) mass is 357 g/mol. The van der Waals surface area contributed by atoms with Crippen LogP contribution in [0.2, 0.25) is 0 Å². The van der Waals surface area contributed by atoms with Crippen LogP contribution in [-0.2, 0) is 0 Å². The maximum absolute atomic E-state index is 12.9. The molecule has 2 atom stereocenters. The zero-order valence-electron chi connectivity index (χ0n) is 12.8. The SMILES string of the molecule is CC(O)(/C=C(\CC(C)(O)C(F)(F)F)c1ccc(N)cc1)C(F)(F)F. The molecule has 0 aliphatic carbocycles. The largest absolute Gasteiger partial charge is 0.420 e. The maximum Gasteiger partial charge on any atom is 0.420 e. The van der Waals surface area contributed by atoms with Crippen LogP contribution in [0.4, 0.5) is 32.0 Å². The minimum Gasteiger partial charge on any atom is -0.399 e. The Kier molecular flexibility index (Phi) is 5.32. The van der Waals surface area contributed by atoms with E-state index in [-0.39, 0.29) is 17.3 Å². The summed E-state index contributed by atoms with van der Waals surface area (Å²) in [5.74, 6) is 0. The van der Waals surface area contributed by atoms with Gasteiger partial charge in [0.25, 0.3) is 0 Å². The zero-order chi connectivity index (χ0) is 19.0. The van der Waals surface area contributed by atoms with Gasteiger partial charge in [0.1, 0.15) is 0 Å². The fourth-order valence-corrected chi connectivity index (χ4v) is 1.83. The Morgan fingerprint density at radius 2 is 1.42 bits per heavy atom. The van der Waals surface area contributed by atoms with Crippen molar-refractivity contribution >= 4 is 11.3 Å². The summed E-state index contributed by atoms with van der Waals surface area (Å²) in [4.78, 5) is 0. The van der Waals surface area contributed by atoms with E-state index in [0.717, 1.165) is 0 Å². The highest BCUT2D eigenvalue weighted by atomic mass is 19.4. The molecule has 1 aromatic rings. The molecule has 4 N–H and O–H groups in total. The lowest BCUT2D eigenvalue weighted by atomic mass is 9.88. The molecule has 3 nitrogen and oxygen atoms in total. The average molecular weight is 357 g/mol. The van der Waals surface area contributed by atoms with Crippen molar-refractivity contribution in [1.29, 1.82) is 0 Å². The van der Waals surface area contributed by atoms with Crippen molar-refractivity contribution in [2.45, 2.75) is 43.8 Å². The molecular weight excluding hydrogens is 340 g/mol. The molecule has 1 rings (SSSR count). The summed E-state index contributed by atoms with van der Waals surface area (Å²) in [7, 11) is 0. The molecule has 0 bridgehead atoms. The second-order valence-corrected chi connectivity index (χ2v) is 5.89. The maximum atomic E-state index is 12.9. The fourth-order valence-electron chi connectivity index (χ4n) is 1.83. The van der Waals surface area contributed by atoms with Crippen LogP contribution in [0.1, 0.15) is 25.8 Å². The van der Waals surface area contributed by atoms with Gasteiger partial charge in [0.15, 0.2) is 11.2 Å². The molecule has 0 heterocycles. The average Bonchev–Trinajstić information content (AvgIpc) is 2.35. The van der Waals surface area contributed by atoms with Gasteiger partial charge >= 0.3 is 12.4 Å². The molecule has 0 saturated carbocycles. The lowest BCUT2D eigenvalue weighted by Crippen LogP contribution is -2.43. The number of aliphatic hydroxyl groups is 2. The van der Waals surface area contributed by atoms with Gasteiger partial charge in [-0.3, -0.25) is 0 Å². The first kappa shape index (κ1) is 20.3. The summed E-state index contributed by atoms with van der Waals surface area (Å²) in [5, 5.41) is 19.1. The molecule has 9 heteroatoms. The van der Waals surface area contributed by atoms with Crippen molar-refractivity contribution in [3.8, 4) is 0 Å². The van der Waals surface area contributed by atoms with Crippen LogP contribution in [0.15, 0.2) is 30.3 Å². The molecule has 0 aliphatic heterocycles. The molecule has 0 fully saturated rings. The van der Waals surface area contributed by atoms with Crippen LogP contribution in [0.25, 0.3) is 5.57 Å². The number of halogens is 6. The Balaban J connectivity index is 3.41. The van der Waals surface area contributed by atoms with Crippen molar-refractivity contribution in [2.75, 3.05) is 5.73 Å². The minimum atomic E-state index is -5.10. The number of hydrogen-bond donors (Lipinski definition) is 3. The smallest absolute Gasteiger partial charge is 0.399 e. The first-order valence-electron chi connectivity index (χ1n) is 6.73. The van der Waals surface area contributed by atoms with Gasteiger partial charge in [-0.05, 0) is 43.2 Å². The van der Waals surface area contributed by atoms with Crippen LogP contribution >= 0.6 is 0 Å². The van der Waals surface area contributed by atoms with E-state index in [2.05, 4.69) is 0 Å². The highest BCUT2D eigenvalue weighted by Crippen LogP contribution is 2.40.